The van der Waals surface area contributed by atoms with Crippen molar-refractivity contribution in [1.82, 2.24) is 0 Å². The summed E-state index contributed by atoms with van der Waals surface area (Å²) < 4.78 is 0. The average molecular weight is 316 g/mol. The van der Waals surface area contributed by atoms with Crippen LogP contribution in [-0.4, -0.2) is 22.2 Å². The quantitative estimate of drug-likeness (QED) is 0.562. The first kappa shape index (κ1) is 23.2. The Bertz CT molecular complexity index is 314. The minimum Gasteiger partial charge on any atom is -0.481 e. The van der Waals surface area contributed by atoms with Gasteiger partial charge in [0, 0.05) is 6.42 Å². The highest BCUT2D eigenvalue weighted by Gasteiger charge is 2.25. The molecule has 0 amide bonds. The van der Waals surface area contributed by atoms with Crippen molar-refractivity contribution in [2.45, 2.75) is 92.9 Å². The van der Waals surface area contributed by atoms with Crippen molar-refractivity contribution in [3.63, 3.8) is 0 Å². The fourth-order valence-electron chi connectivity index (χ4n) is 1.86. The first-order valence-electron chi connectivity index (χ1n) is 8.37. The minimum absolute atomic E-state index is 0.316. The highest BCUT2D eigenvalue weighted by atomic mass is 16.4. The summed E-state index contributed by atoms with van der Waals surface area (Å²) in [5, 5.41) is 17.1. The Kier molecular flexibility index (Phi) is 12.1. The van der Waals surface area contributed by atoms with Crippen molar-refractivity contribution in [1.29, 1.82) is 0 Å². The monoisotopic (exact) mass is 316 g/mol. The Morgan fingerprint density at radius 3 is 1.68 bits per heavy atom. The second-order valence-corrected chi connectivity index (χ2v) is 7.81. The van der Waals surface area contributed by atoms with E-state index in [1.807, 2.05) is 0 Å². The van der Waals surface area contributed by atoms with E-state index < -0.39 is 17.4 Å². The Labute approximate surface area is 136 Å². The third-order valence-electron chi connectivity index (χ3n) is 3.55. The number of carboxylic acid groups (broad SMARTS) is 2. The Balaban J connectivity index is 0. The molecule has 2 N–H and O–H groups in total. The van der Waals surface area contributed by atoms with Crippen molar-refractivity contribution in [3.05, 3.63) is 0 Å². The number of rotatable bonds is 9. The van der Waals surface area contributed by atoms with Crippen LogP contribution < -0.4 is 0 Å². The maximum atomic E-state index is 10.6. The molecule has 0 saturated carbocycles. The van der Waals surface area contributed by atoms with Gasteiger partial charge in [0.2, 0.25) is 0 Å². The van der Waals surface area contributed by atoms with Crippen molar-refractivity contribution >= 4 is 11.9 Å². The average Bonchev–Trinajstić information content (AvgIpc) is 2.34. The molecule has 0 aliphatic rings. The van der Waals surface area contributed by atoms with Gasteiger partial charge in [-0.05, 0) is 38.5 Å². The predicted molar refractivity (Wildman–Crippen MR) is 91.1 cm³/mol. The smallest absolute Gasteiger partial charge is 0.309 e. The molecule has 22 heavy (non-hydrogen) atoms. The van der Waals surface area contributed by atoms with E-state index in [9.17, 15) is 9.59 Å². The first-order valence-corrected chi connectivity index (χ1v) is 8.37. The van der Waals surface area contributed by atoms with Gasteiger partial charge >= 0.3 is 11.9 Å². The fourth-order valence-corrected chi connectivity index (χ4v) is 1.86. The molecule has 0 aliphatic heterocycles. The van der Waals surface area contributed by atoms with E-state index >= 15 is 0 Å². The third kappa shape index (κ3) is 17.0. The molecule has 0 aromatic rings. The van der Waals surface area contributed by atoms with E-state index in [2.05, 4.69) is 27.7 Å². The first-order chi connectivity index (χ1) is 9.92. The van der Waals surface area contributed by atoms with Crippen LogP contribution in [0.2, 0.25) is 0 Å². The summed E-state index contributed by atoms with van der Waals surface area (Å²) >= 11 is 0. The van der Waals surface area contributed by atoms with E-state index in [1.165, 1.54) is 0 Å². The molecular weight excluding hydrogens is 280 g/mol. The number of carbonyl (C=O) groups is 2. The summed E-state index contributed by atoms with van der Waals surface area (Å²) in [6.07, 6.45) is 7.36. The number of aliphatic carboxylic acids is 2. The molecular formula is C18H36O4. The third-order valence-corrected chi connectivity index (χ3v) is 3.55. The Morgan fingerprint density at radius 2 is 1.32 bits per heavy atom. The van der Waals surface area contributed by atoms with Gasteiger partial charge in [-0.25, -0.2) is 0 Å². The van der Waals surface area contributed by atoms with Crippen molar-refractivity contribution in [3.8, 4) is 0 Å². The lowest BCUT2D eigenvalue weighted by Crippen LogP contribution is -2.23. The molecule has 0 aromatic heterocycles. The molecule has 0 radical (unpaired) electrons. The van der Waals surface area contributed by atoms with Gasteiger partial charge < -0.3 is 10.2 Å². The summed E-state index contributed by atoms with van der Waals surface area (Å²) in [6, 6.07) is 0. The molecule has 0 rings (SSSR count). The molecule has 132 valence electrons. The molecule has 0 aromatic carbocycles. The molecule has 4 nitrogen and oxygen atoms in total. The van der Waals surface area contributed by atoms with Crippen LogP contribution in [0.4, 0.5) is 0 Å². The lowest BCUT2D eigenvalue weighted by atomic mass is 9.87. The second kappa shape index (κ2) is 11.5. The van der Waals surface area contributed by atoms with Crippen molar-refractivity contribution < 1.29 is 19.8 Å². The SMILES string of the molecule is CC(C)(C)CCCCC(=O)O.CCCCCC(C)(C)C(=O)O. The molecule has 4 heteroatoms. The van der Waals surface area contributed by atoms with Gasteiger partial charge in [-0.15, -0.1) is 0 Å². The lowest BCUT2D eigenvalue weighted by Gasteiger charge is -2.18. The van der Waals surface area contributed by atoms with Gasteiger partial charge in [0.1, 0.15) is 0 Å². The molecule has 0 aliphatic carbocycles. The van der Waals surface area contributed by atoms with Crippen LogP contribution in [0.3, 0.4) is 0 Å². The molecule has 0 bridgehead atoms. The van der Waals surface area contributed by atoms with Crippen LogP contribution in [0, 0.1) is 10.8 Å². The predicted octanol–water partition coefficient (Wildman–Crippen LogP) is 5.36. The zero-order chi connectivity index (χ0) is 17.8. The number of hydrogen-bond acceptors (Lipinski definition) is 2. The number of carboxylic acids is 2. The highest BCUT2D eigenvalue weighted by Crippen LogP contribution is 2.23. The van der Waals surface area contributed by atoms with Crippen LogP contribution in [0.15, 0.2) is 0 Å². The van der Waals surface area contributed by atoms with E-state index in [1.54, 1.807) is 13.8 Å². The zero-order valence-electron chi connectivity index (χ0n) is 15.4. The van der Waals surface area contributed by atoms with Crippen molar-refractivity contribution in [2.24, 2.45) is 10.8 Å². The van der Waals surface area contributed by atoms with Gasteiger partial charge in [0.15, 0.2) is 0 Å². The zero-order valence-corrected chi connectivity index (χ0v) is 15.4. The summed E-state index contributed by atoms with van der Waals surface area (Å²) in [5.74, 6) is -1.37. The fraction of sp³-hybridized carbons (Fsp3) is 0.889. The van der Waals surface area contributed by atoms with Crippen LogP contribution in [-0.2, 0) is 9.59 Å². The lowest BCUT2D eigenvalue weighted by molar-refractivity contribution is -0.147. The van der Waals surface area contributed by atoms with E-state index in [0.717, 1.165) is 44.9 Å². The van der Waals surface area contributed by atoms with Crippen LogP contribution in [0.5, 0.6) is 0 Å². The van der Waals surface area contributed by atoms with E-state index in [0.29, 0.717) is 11.8 Å². The number of hydrogen-bond donors (Lipinski definition) is 2. The second-order valence-electron chi connectivity index (χ2n) is 7.81. The molecule has 0 heterocycles. The molecule has 0 spiro atoms. The van der Waals surface area contributed by atoms with Crippen molar-refractivity contribution in [2.75, 3.05) is 0 Å². The maximum Gasteiger partial charge on any atom is 0.309 e. The van der Waals surface area contributed by atoms with Crippen LogP contribution >= 0.6 is 0 Å². The van der Waals surface area contributed by atoms with E-state index in [4.69, 9.17) is 10.2 Å². The van der Waals surface area contributed by atoms with Gasteiger partial charge in [-0.3, -0.25) is 9.59 Å². The Morgan fingerprint density at radius 1 is 0.818 bits per heavy atom. The van der Waals surface area contributed by atoms with Gasteiger partial charge in [-0.1, -0.05) is 53.4 Å². The Hall–Kier alpha value is -1.06. The highest BCUT2D eigenvalue weighted by molar-refractivity contribution is 5.73. The largest absolute Gasteiger partial charge is 0.481 e. The topological polar surface area (TPSA) is 74.6 Å². The summed E-state index contributed by atoms with van der Waals surface area (Å²) in [7, 11) is 0. The number of unbranched alkanes of at least 4 members (excludes halogenated alkanes) is 3. The van der Waals surface area contributed by atoms with Crippen LogP contribution in [0.1, 0.15) is 92.9 Å². The minimum atomic E-state index is -0.686. The summed E-state index contributed by atoms with van der Waals surface area (Å²) in [5.41, 5.74) is -0.187. The molecule has 0 atom stereocenters. The molecule has 0 saturated heterocycles. The summed E-state index contributed by atoms with van der Waals surface area (Å²) in [6.45, 7) is 12.2. The normalized spacial score (nSPS) is 11.5. The maximum absolute atomic E-state index is 10.6. The van der Waals surface area contributed by atoms with Gasteiger partial charge in [0.05, 0.1) is 5.41 Å². The molecule has 0 unspecified atom stereocenters. The standard InChI is InChI=1S/2C9H18O2/c1-9(2,3)7-5-4-6-8(10)11;1-4-5-6-7-9(2,3)8(10)11/h2*4-7H2,1-3H3,(H,10,11). The summed E-state index contributed by atoms with van der Waals surface area (Å²) in [4.78, 5) is 20.7. The molecule has 0 fully saturated rings. The van der Waals surface area contributed by atoms with Gasteiger partial charge in [0.25, 0.3) is 0 Å². The van der Waals surface area contributed by atoms with Crippen LogP contribution in [0.25, 0.3) is 0 Å². The van der Waals surface area contributed by atoms with Gasteiger partial charge in [-0.2, -0.15) is 0 Å². The van der Waals surface area contributed by atoms with E-state index in [-0.39, 0.29) is 0 Å².